The van der Waals surface area contributed by atoms with E-state index in [1.165, 1.54) is 18.2 Å². The summed E-state index contributed by atoms with van der Waals surface area (Å²) in [5.41, 5.74) is 2.40. The van der Waals surface area contributed by atoms with Crippen LogP contribution in [0.1, 0.15) is 29.5 Å². The normalized spacial score (nSPS) is 20.6. The lowest BCUT2D eigenvalue weighted by Crippen LogP contribution is -2.52. The number of H-pyrrole nitrogens is 1. The van der Waals surface area contributed by atoms with Crippen molar-refractivity contribution >= 4 is 6.03 Å². The van der Waals surface area contributed by atoms with Gasteiger partial charge in [-0.25, -0.2) is 9.18 Å². The van der Waals surface area contributed by atoms with E-state index >= 15 is 0 Å². The quantitative estimate of drug-likeness (QED) is 0.486. The van der Waals surface area contributed by atoms with Crippen LogP contribution in [-0.4, -0.2) is 71.8 Å². The maximum Gasteiger partial charge on any atom is 0.573 e. The average molecular weight is 519 g/mol. The Morgan fingerprint density at radius 2 is 1.70 bits per heavy atom. The summed E-state index contributed by atoms with van der Waals surface area (Å²) in [6.45, 7) is 2.78. The van der Waals surface area contributed by atoms with Crippen LogP contribution in [0.3, 0.4) is 0 Å². The van der Waals surface area contributed by atoms with E-state index in [0.29, 0.717) is 57.1 Å². The van der Waals surface area contributed by atoms with Crippen molar-refractivity contribution in [1.29, 1.82) is 0 Å². The maximum absolute atomic E-state index is 14.3. The first-order chi connectivity index (χ1) is 17.8. The molecule has 2 fully saturated rings. The van der Waals surface area contributed by atoms with Crippen molar-refractivity contribution in [2.45, 2.75) is 24.6 Å². The number of carbonyl (C=O) groups is 1. The fourth-order valence-electron chi connectivity index (χ4n) is 4.97. The Balaban J connectivity index is 1.40. The molecule has 0 bridgehead atoms. The third-order valence-corrected chi connectivity index (χ3v) is 6.78. The molecule has 2 atom stereocenters. The fourth-order valence-corrected chi connectivity index (χ4v) is 4.97. The van der Waals surface area contributed by atoms with E-state index in [1.807, 2.05) is 0 Å². The summed E-state index contributed by atoms with van der Waals surface area (Å²) in [5.74, 6) is -0.952. The molecule has 0 spiro atoms. The molecule has 1 N–H and O–H groups in total. The Labute approximate surface area is 211 Å². The van der Waals surface area contributed by atoms with Crippen molar-refractivity contribution in [3.8, 4) is 17.0 Å². The van der Waals surface area contributed by atoms with E-state index in [-0.39, 0.29) is 29.4 Å². The predicted octanol–water partition coefficient (Wildman–Crippen LogP) is 5.14. The molecule has 196 valence electrons. The number of urea groups is 1. The number of likely N-dealkylation sites (tertiary alicyclic amines) is 1. The molecule has 0 radical (unpaired) electrons. The van der Waals surface area contributed by atoms with Crippen molar-refractivity contribution < 1.29 is 31.8 Å². The summed E-state index contributed by atoms with van der Waals surface area (Å²) in [6, 6.07) is 13.8. The molecular formula is C26H26F4N4O3. The van der Waals surface area contributed by atoms with E-state index in [4.69, 9.17) is 4.74 Å². The summed E-state index contributed by atoms with van der Waals surface area (Å²) >= 11 is 0. The van der Waals surface area contributed by atoms with Gasteiger partial charge in [0, 0.05) is 49.3 Å². The molecule has 2 aliphatic rings. The van der Waals surface area contributed by atoms with Gasteiger partial charge in [-0.15, -0.1) is 13.2 Å². The van der Waals surface area contributed by atoms with Gasteiger partial charge in [-0.2, -0.15) is 5.10 Å². The molecule has 2 amide bonds. The van der Waals surface area contributed by atoms with Crippen LogP contribution in [0.25, 0.3) is 11.3 Å². The molecule has 2 unspecified atom stereocenters. The number of aromatic nitrogens is 2. The number of ether oxygens (including phenoxy) is 2. The van der Waals surface area contributed by atoms with Crippen LogP contribution >= 0.6 is 0 Å². The van der Waals surface area contributed by atoms with E-state index in [2.05, 4.69) is 14.9 Å². The predicted molar refractivity (Wildman–Crippen MR) is 127 cm³/mol. The zero-order valence-corrected chi connectivity index (χ0v) is 19.9. The van der Waals surface area contributed by atoms with Crippen LogP contribution < -0.4 is 4.74 Å². The molecule has 0 aliphatic carbocycles. The maximum atomic E-state index is 14.3. The van der Waals surface area contributed by atoms with Crippen molar-refractivity contribution in [2.75, 3.05) is 39.4 Å². The molecule has 3 heterocycles. The Hall–Kier alpha value is -3.60. The lowest BCUT2D eigenvalue weighted by molar-refractivity contribution is -0.274. The second-order valence-corrected chi connectivity index (χ2v) is 9.22. The Kier molecular flexibility index (Phi) is 7.05. The highest BCUT2D eigenvalue weighted by molar-refractivity contribution is 5.75. The summed E-state index contributed by atoms with van der Waals surface area (Å²) in [6.07, 6.45) is -4.14. The Bertz CT molecular complexity index is 1230. The monoisotopic (exact) mass is 518 g/mol. The van der Waals surface area contributed by atoms with Gasteiger partial charge in [0.05, 0.1) is 18.9 Å². The summed E-state index contributed by atoms with van der Waals surface area (Å²) in [5, 5.41) is 7.32. The standard InChI is InChI=1S/C26H26F4N4O3/c27-22-4-2-1-3-21(22)24-14-23(31-32-24)19-13-18(17-5-7-20(8-6-17)37-26(28,29)30)15-34(16-19)25(35)33-9-11-36-12-10-33/h1-8,14,18-19H,9-13,15-16H2,(H,31,32). The summed E-state index contributed by atoms with van der Waals surface area (Å²) in [4.78, 5) is 16.9. The van der Waals surface area contributed by atoms with Crippen molar-refractivity contribution in [3.63, 3.8) is 0 Å². The molecule has 2 saturated heterocycles. The zero-order valence-electron chi connectivity index (χ0n) is 19.9. The third-order valence-electron chi connectivity index (χ3n) is 6.78. The fraction of sp³-hybridized carbons (Fsp3) is 0.385. The molecule has 37 heavy (non-hydrogen) atoms. The number of carbonyl (C=O) groups excluding carboxylic acids is 1. The van der Waals surface area contributed by atoms with E-state index in [0.717, 1.165) is 11.3 Å². The van der Waals surface area contributed by atoms with Crippen molar-refractivity contribution in [3.05, 3.63) is 71.7 Å². The van der Waals surface area contributed by atoms with Crippen LogP contribution in [0.4, 0.5) is 22.4 Å². The molecule has 11 heteroatoms. The number of nitrogens with zero attached hydrogens (tertiary/aromatic N) is 3. The van der Waals surface area contributed by atoms with Gasteiger partial charge in [-0.1, -0.05) is 24.3 Å². The summed E-state index contributed by atoms with van der Waals surface area (Å²) in [7, 11) is 0. The van der Waals surface area contributed by atoms with E-state index in [1.54, 1.807) is 46.2 Å². The molecular weight excluding hydrogens is 492 g/mol. The lowest BCUT2D eigenvalue weighted by Gasteiger charge is -2.41. The molecule has 0 saturated carbocycles. The number of alkyl halides is 3. The van der Waals surface area contributed by atoms with Crippen molar-refractivity contribution in [1.82, 2.24) is 20.0 Å². The number of hydrogen-bond donors (Lipinski definition) is 1. The minimum atomic E-state index is -4.77. The van der Waals surface area contributed by atoms with Gasteiger partial charge in [-0.05, 0) is 42.3 Å². The third kappa shape index (κ3) is 5.87. The van der Waals surface area contributed by atoms with Gasteiger partial charge in [0.25, 0.3) is 0 Å². The number of rotatable bonds is 4. The molecule has 7 nitrogen and oxygen atoms in total. The zero-order chi connectivity index (χ0) is 26.0. The highest BCUT2D eigenvalue weighted by atomic mass is 19.4. The van der Waals surface area contributed by atoms with Crippen LogP contribution in [0.2, 0.25) is 0 Å². The van der Waals surface area contributed by atoms with E-state index in [9.17, 15) is 22.4 Å². The van der Waals surface area contributed by atoms with Gasteiger partial charge in [0.15, 0.2) is 0 Å². The number of amides is 2. The second kappa shape index (κ2) is 10.4. The number of benzene rings is 2. The first-order valence-electron chi connectivity index (χ1n) is 12.0. The molecule has 5 rings (SSSR count). The number of aromatic amines is 1. The number of piperidine rings is 1. The lowest BCUT2D eigenvalue weighted by atomic mass is 9.83. The Morgan fingerprint density at radius 3 is 2.41 bits per heavy atom. The minimum Gasteiger partial charge on any atom is -0.406 e. The van der Waals surface area contributed by atoms with Crippen LogP contribution in [0, 0.1) is 5.82 Å². The number of nitrogens with one attached hydrogen (secondary N) is 1. The topological polar surface area (TPSA) is 70.7 Å². The number of halogens is 4. The summed E-state index contributed by atoms with van der Waals surface area (Å²) < 4.78 is 61.5. The van der Waals surface area contributed by atoms with Crippen molar-refractivity contribution in [2.24, 2.45) is 0 Å². The highest BCUT2D eigenvalue weighted by Gasteiger charge is 2.35. The largest absolute Gasteiger partial charge is 0.573 e. The van der Waals surface area contributed by atoms with Crippen LogP contribution in [0.15, 0.2) is 54.6 Å². The number of hydrogen-bond acceptors (Lipinski definition) is 4. The highest BCUT2D eigenvalue weighted by Crippen LogP contribution is 2.37. The minimum absolute atomic E-state index is 0.108. The average Bonchev–Trinajstić information content (AvgIpc) is 3.38. The van der Waals surface area contributed by atoms with Gasteiger partial charge in [-0.3, -0.25) is 5.10 Å². The SMILES string of the molecule is O=C(N1CCOCC1)N1CC(c2ccc(OC(F)(F)F)cc2)CC(c2cc(-c3ccccc3F)n[nH]2)C1. The van der Waals surface area contributed by atoms with E-state index < -0.39 is 6.36 Å². The Morgan fingerprint density at radius 1 is 1.00 bits per heavy atom. The van der Waals surface area contributed by atoms with Gasteiger partial charge in [0.2, 0.25) is 0 Å². The number of morpholine rings is 1. The molecule has 1 aromatic heterocycles. The van der Waals surface area contributed by atoms with Gasteiger partial charge in [0.1, 0.15) is 11.6 Å². The molecule has 2 aromatic carbocycles. The van der Waals surface area contributed by atoms with Gasteiger partial charge < -0.3 is 19.3 Å². The smallest absolute Gasteiger partial charge is 0.406 e. The van der Waals surface area contributed by atoms with Crippen LogP contribution in [-0.2, 0) is 4.74 Å². The molecule has 2 aliphatic heterocycles. The molecule has 3 aromatic rings. The first kappa shape index (κ1) is 25.1. The first-order valence-corrected chi connectivity index (χ1v) is 12.0. The second-order valence-electron chi connectivity index (χ2n) is 9.22. The van der Waals surface area contributed by atoms with Gasteiger partial charge >= 0.3 is 12.4 Å². The van der Waals surface area contributed by atoms with Crippen LogP contribution in [0.5, 0.6) is 5.75 Å².